The fourth-order valence-electron chi connectivity index (χ4n) is 5.04. The highest BCUT2D eigenvalue weighted by Gasteiger charge is 2.37. The van der Waals surface area contributed by atoms with Gasteiger partial charge in [-0.3, -0.25) is 0 Å². The first-order chi connectivity index (χ1) is 14.0. The highest BCUT2D eigenvalue weighted by Crippen LogP contribution is 2.41. The summed E-state index contributed by atoms with van der Waals surface area (Å²) in [4.78, 5) is 6.21. The van der Waals surface area contributed by atoms with Gasteiger partial charge in [-0.25, -0.2) is 0 Å². The minimum atomic E-state index is -1.46. The summed E-state index contributed by atoms with van der Waals surface area (Å²) in [5, 5.41) is 8.11. The Kier molecular flexibility index (Phi) is 7.82. The van der Waals surface area contributed by atoms with E-state index in [0.29, 0.717) is 0 Å². The number of thiophene rings is 3. The Bertz CT molecular complexity index is 880. The molecule has 0 radical (unpaired) electrons. The summed E-state index contributed by atoms with van der Waals surface area (Å²) < 4.78 is 0. The smallest absolute Gasteiger partial charge is 0.0879 e. The molecule has 0 aliphatic rings. The molecule has 29 heavy (non-hydrogen) atoms. The normalized spacial score (nSPS) is 12.6. The summed E-state index contributed by atoms with van der Waals surface area (Å²) >= 11 is 6.00. The maximum atomic E-state index is 2.62. The Morgan fingerprint density at radius 1 is 0.621 bits per heavy atom. The van der Waals surface area contributed by atoms with Crippen molar-refractivity contribution in [3.05, 3.63) is 35.0 Å². The molecule has 3 aromatic heterocycles. The van der Waals surface area contributed by atoms with Gasteiger partial charge in [0.1, 0.15) is 0 Å². The quantitative estimate of drug-likeness (QED) is 0.257. The molecular formula is C24H36S3Si2. The van der Waals surface area contributed by atoms with E-state index in [1.165, 1.54) is 46.0 Å². The molecule has 0 spiro atoms. The van der Waals surface area contributed by atoms with Crippen molar-refractivity contribution in [2.75, 3.05) is 0 Å². The molecule has 0 aromatic carbocycles. The Labute approximate surface area is 192 Å². The van der Waals surface area contributed by atoms with Crippen molar-refractivity contribution in [2.24, 2.45) is 0 Å². The largest absolute Gasteiger partial charge is 0.143 e. The van der Waals surface area contributed by atoms with Crippen LogP contribution in [-0.2, 0) is 0 Å². The lowest BCUT2D eigenvalue weighted by Gasteiger charge is -2.31. The third kappa shape index (κ3) is 4.06. The van der Waals surface area contributed by atoms with E-state index in [2.05, 4.69) is 87.9 Å². The van der Waals surface area contributed by atoms with Gasteiger partial charge in [0, 0.05) is 19.5 Å². The summed E-state index contributed by atoms with van der Waals surface area (Å²) in [6.07, 6.45) is 0. The van der Waals surface area contributed by atoms with Gasteiger partial charge in [-0.05, 0) is 33.3 Å². The molecule has 3 rings (SSSR count). The second-order valence-corrected chi connectivity index (χ2v) is 21.5. The van der Waals surface area contributed by atoms with E-state index in [4.69, 9.17) is 0 Å². The lowest BCUT2D eigenvalue weighted by molar-refractivity contribution is 1.19. The molecule has 0 bridgehead atoms. The summed E-state index contributed by atoms with van der Waals surface area (Å²) in [5.74, 6) is 0. The van der Waals surface area contributed by atoms with Crippen LogP contribution in [0.15, 0.2) is 35.0 Å². The van der Waals surface area contributed by atoms with E-state index < -0.39 is 16.1 Å². The molecule has 0 aliphatic heterocycles. The molecule has 158 valence electrons. The molecule has 0 amide bonds. The molecule has 3 aromatic rings. The molecule has 0 fully saturated rings. The maximum absolute atomic E-state index is 2.62. The Hall–Kier alpha value is -0.466. The van der Waals surface area contributed by atoms with Crippen LogP contribution in [0.25, 0.3) is 19.5 Å². The molecule has 0 aliphatic carbocycles. The third-order valence-electron chi connectivity index (χ3n) is 7.57. The Balaban J connectivity index is 2.27. The van der Waals surface area contributed by atoms with Gasteiger partial charge in [0.05, 0.1) is 16.1 Å². The topological polar surface area (TPSA) is 0 Å². The minimum Gasteiger partial charge on any atom is -0.143 e. The van der Waals surface area contributed by atoms with E-state index in [9.17, 15) is 0 Å². The predicted molar refractivity (Wildman–Crippen MR) is 145 cm³/mol. The Morgan fingerprint density at radius 3 is 1.72 bits per heavy atom. The summed E-state index contributed by atoms with van der Waals surface area (Å²) in [6.45, 7) is 14.7. The van der Waals surface area contributed by atoms with E-state index in [1.54, 1.807) is 20.1 Å². The second-order valence-electron chi connectivity index (χ2n) is 8.18. The SMILES string of the molecule is CC[Si](CC)(CC)c1ccsc1-c1sc(-c2cccs2)cc1[Si](CC)(CC)CC. The number of hydrogen-bond donors (Lipinski definition) is 0. The van der Waals surface area contributed by atoms with Gasteiger partial charge in [-0.2, -0.15) is 0 Å². The van der Waals surface area contributed by atoms with Crippen LogP contribution in [0, 0.1) is 0 Å². The first-order valence-electron chi connectivity index (χ1n) is 11.3. The van der Waals surface area contributed by atoms with Crippen molar-refractivity contribution in [3.63, 3.8) is 0 Å². The first kappa shape index (κ1) is 23.2. The van der Waals surface area contributed by atoms with Gasteiger partial charge in [-0.15, -0.1) is 34.0 Å². The van der Waals surface area contributed by atoms with Crippen LogP contribution in [0.2, 0.25) is 36.3 Å². The minimum absolute atomic E-state index is 1.35. The van der Waals surface area contributed by atoms with Crippen LogP contribution in [-0.4, -0.2) is 16.1 Å². The highest BCUT2D eigenvalue weighted by atomic mass is 32.1. The van der Waals surface area contributed by atoms with Gasteiger partial charge in [0.25, 0.3) is 0 Å². The predicted octanol–water partition coefficient (Wildman–Crippen LogP) is 8.64. The fraction of sp³-hybridized carbons (Fsp3) is 0.500. The van der Waals surface area contributed by atoms with Crippen LogP contribution in [0.3, 0.4) is 0 Å². The average molecular weight is 477 g/mol. The number of rotatable bonds is 10. The zero-order valence-corrected chi connectivity index (χ0v) is 23.4. The lowest BCUT2D eigenvalue weighted by Crippen LogP contribution is -2.48. The zero-order valence-electron chi connectivity index (χ0n) is 18.9. The van der Waals surface area contributed by atoms with E-state index >= 15 is 0 Å². The van der Waals surface area contributed by atoms with Crippen molar-refractivity contribution in [1.29, 1.82) is 0 Å². The standard InChI is InChI=1S/C24H36S3Si2/c1-7-28(8-2,9-3)21-15-17-26-23(21)24-22(29(10-4,11-5)12-6)18-20(27-24)19-14-13-16-25-19/h13-18H,7-12H2,1-6H3. The first-order valence-corrected chi connectivity index (χ1v) is 19.1. The fourth-order valence-corrected chi connectivity index (χ4v) is 17.3. The van der Waals surface area contributed by atoms with Crippen molar-refractivity contribution in [2.45, 2.75) is 77.8 Å². The second kappa shape index (κ2) is 9.77. The van der Waals surface area contributed by atoms with Crippen molar-refractivity contribution < 1.29 is 0 Å². The van der Waals surface area contributed by atoms with Crippen molar-refractivity contribution >= 4 is 60.5 Å². The van der Waals surface area contributed by atoms with Gasteiger partial charge in [0.2, 0.25) is 0 Å². The Morgan fingerprint density at radius 2 is 1.21 bits per heavy atom. The molecule has 3 heterocycles. The molecule has 0 nitrogen and oxygen atoms in total. The van der Waals surface area contributed by atoms with Gasteiger partial charge in [-0.1, -0.05) is 89.9 Å². The molecule has 0 saturated heterocycles. The van der Waals surface area contributed by atoms with Crippen LogP contribution in [0.1, 0.15) is 41.5 Å². The molecule has 0 atom stereocenters. The molecular weight excluding hydrogens is 441 g/mol. The maximum Gasteiger partial charge on any atom is 0.0879 e. The third-order valence-corrected chi connectivity index (χ3v) is 22.4. The van der Waals surface area contributed by atoms with Crippen LogP contribution in [0.4, 0.5) is 0 Å². The van der Waals surface area contributed by atoms with Gasteiger partial charge >= 0.3 is 0 Å². The van der Waals surface area contributed by atoms with Gasteiger partial charge < -0.3 is 0 Å². The molecule has 0 N–H and O–H groups in total. The van der Waals surface area contributed by atoms with E-state index in [0.717, 1.165) is 0 Å². The lowest BCUT2D eigenvalue weighted by atomic mass is 10.3. The summed E-state index contributed by atoms with van der Waals surface area (Å²) in [6, 6.07) is 17.8. The highest BCUT2D eigenvalue weighted by molar-refractivity contribution is 7.28. The summed E-state index contributed by atoms with van der Waals surface area (Å²) in [5.41, 5.74) is 0. The van der Waals surface area contributed by atoms with E-state index in [1.807, 2.05) is 22.7 Å². The zero-order chi connectivity index (χ0) is 21.1. The van der Waals surface area contributed by atoms with Crippen LogP contribution < -0.4 is 10.4 Å². The summed E-state index contributed by atoms with van der Waals surface area (Å²) in [7, 11) is -2.86. The van der Waals surface area contributed by atoms with Crippen LogP contribution >= 0.6 is 34.0 Å². The number of hydrogen-bond acceptors (Lipinski definition) is 3. The monoisotopic (exact) mass is 476 g/mol. The van der Waals surface area contributed by atoms with E-state index in [-0.39, 0.29) is 0 Å². The van der Waals surface area contributed by atoms with Gasteiger partial charge in [0.15, 0.2) is 0 Å². The van der Waals surface area contributed by atoms with Crippen molar-refractivity contribution in [1.82, 2.24) is 0 Å². The molecule has 0 saturated carbocycles. The van der Waals surface area contributed by atoms with Crippen LogP contribution in [0.5, 0.6) is 0 Å². The molecule has 5 heteroatoms. The average Bonchev–Trinajstić information content (AvgIpc) is 3.52. The molecule has 0 unspecified atom stereocenters. The van der Waals surface area contributed by atoms with Crippen molar-refractivity contribution in [3.8, 4) is 19.5 Å².